The molecule has 2 rings (SSSR count). The molecule has 0 saturated heterocycles. The zero-order valence-electron chi connectivity index (χ0n) is 12.9. The molecule has 0 spiro atoms. The highest BCUT2D eigenvalue weighted by molar-refractivity contribution is 9.10. The zero-order valence-corrected chi connectivity index (χ0v) is 15.4. The molecule has 0 radical (unpaired) electrons. The maximum absolute atomic E-state index is 3.57. The minimum absolute atomic E-state index is 0.425. The minimum Gasteiger partial charge on any atom is -0.316 e. The van der Waals surface area contributed by atoms with Crippen LogP contribution in [-0.4, -0.2) is 18.3 Å². The second kappa shape index (κ2) is 6.85. The quantitative estimate of drug-likeness (QED) is 0.784. The Labute approximate surface area is 136 Å². The number of nitrogens with one attached hydrogen (secondary N) is 1. The number of thioether (sulfide) groups is 1. The summed E-state index contributed by atoms with van der Waals surface area (Å²) in [6.45, 7) is 7.16. The summed E-state index contributed by atoms with van der Waals surface area (Å²) in [4.78, 5) is 1.37. The van der Waals surface area contributed by atoms with Gasteiger partial charge in [0.2, 0.25) is 0 Å². The molecule has 0 bridgehead atoms. The Morgan fingerprint density at radius 2 is 2.00 bits per heavy atom. The lowest BCUT2D eigenvalue weighted by molar-refractivity contribution is 0.167. The average Bonchev–Trinajstić information content (AvgIpc) is 2.37. The Morgan fingerprint density at radius 1 is 1.25 bits per heavy atom. The van der Waals surface area contributed by atoms with Crippen molar-refractivity contribution in [1.82, 2.24) is 5.32 Å². The Kier molecular flexibility index (Phi) is 5.61. The molecular weight excluding hydrogens is 330 g/mol. The van der Waals surface area contributed by atoms with E-state index in [1.807, 2.05) is 11.8 Å². The highest BCUT2D eigenvalue weighted by Gasteiger charge is 2.35. The maximum Gasteiger partial charge on any atom is 0.0251 e. The highest BCUT2D eigenvalue weighted by atomic mass is 79.9. The van der Waals surface area contributed by atoms with Crippen LogP contribution in [0, 0.1) is 11.3 Å². The fourth-order valence-corrected chi connectivity index (χ4v) is 5.11. The molecule has 3 unspecified atom stereocenters. The minimum atomic E-state index is 0.425. The van der Waals surface area contributed by atoms with E-state index in [4.69, 9.17) is 0 Å². The smallest absolute Gasteiger partial charge is 0.0251 e. The molecule has 1 nitrogen and oxygen atoms in total. The summed E-state index contributed by atoms with van der Waals surface area (Å²) >= 11 is 5.61. The van der Waals surface area contributed by atoms with Gasteiger partial charge in [-0.2, -0.15) is 0 Å². The van der Waals surface area contributed by atoms with Crippen molar-refractivity contribution >= 4 is 27.7 Å². The number of rotatable bonds is 3. The van der Waals surface area contributed by atoms with Gasteiger partial charge in [-0.15, -0.1) is 11.8 Å². The van der Waals surface area contributed by atoms with Gasteiger partial charge in [-0.05, 0) is 55.8 Å². The van der Waals surface area contributed by atoms with Crippen LogP contribution in [0.4, 0.5) is 0 Å². The Balaban J connectivity index is 2.09. The van der Waals surface area contributed by atoms with Crippen LogP contribution < -0.4 is 5.32 Å². The van der Waals surface area contributed by atoms with E-state index in [9.17, 15) is 0 Å². The molecule has 112 valence electrons. The molecule has 0 aliphatic heterocycles. The molecule has 3 heteroatoms. The predicted molar refractivity (Wildman–Crippen MR) is 93.4 cm³/mol. The van der Waals surface area contributed by atoms with Gasteiger partial charge in [0.05, 0.1) is 0 Å². The van der Waals surface area contributed by atoms with Crippen LogP contribution >= 0.6 is 27.7 Å². The molecule has 0 aromatic heterocycles. The fourth-order valence-electron chi connectivity index (χ4n) is 3.09. The summed E-state index contributed by atoms with van der Waals surface area (Å²) in [6.07, 6.45) is 3.96. The van der Waals surface area contributed by atoms with Crippen molar-refractivity contribution in [2.75, 3.05) is 7.05 Å². The lowest BCUT2D eigenvalue weighted by atomic mass is 9.71. The summed E-state index contributed by atoms with van der Waals surface area (Å²) in [5.74, 6) is 0.830. The van der Waals surface area contributed by atoms with E-state index in [0.717, 1.165) is 5.92 Å². The van der Waals surface area contributed by atoms with Crippen LogP contribution in [0.5, 0.6) is 0 Å². The first-order chi connectivity index (χ1) is 9.40. The van der Waals surface area contributed by atoms with E-state index in [1.54, 1.807) is 0 Å². The van der Waals surface area contributed by atoms with Crippen molar-refractivity contribution in [2.24, 2.45) is 11.3 Å². The van der Waals surface area contributed by atoms with Gasteiger partial charge < -0.3 is 5.32 Å². The van der Waals surface area contributed by atoms with Crippen LogP contribution in [0.15, 0.2) is 33.6 Å². The molecule has 20 heavy (non-hydrogen) atoms. The van der Waals surface area contributed by atoms with Gasteiger partial charge in [0, 0.05) is 20.7 Å². The third kappa shape index (κ3) is 4.25. The van der Waals surface area contributed by atoms with Gasteiger partial charge in [-0.25, -0.2) is 0 Å². The Hall–Kier alpha value is 0.01000. The van der Waals surface area contributed by atoms with Crippen LogP contribution in [0.1, 0.15) is 40.0 Å². The third-order valence-electron chi connectivity index (χ3n) is 4.47. The summed E-state index contributed by atoms with van der Waals surface area (Å²) in [5.41, 5.74) is 0.425. The van der Waals surface area contributed by atoms with Crippen molar-refractivity contribution in [3.8, 4) is 0 Å². The SMILES string of the molecule is CNC1CCC(C(C)(C)C)CC1Sc1cccc(Br)c1. The largest absolute Gasteiger partial charge is 0.316 e. The lowest BCUT2D eigenvalue weighted by Gasteiger charge is -2.41. The number of hydrogen-bond donors (Lipinski definition) is 1. The second-order valence-electron chi connectivity index (χ2n) is 6.88. The molecule has 3 atom stereocenters. The van der Waals surface area contributed by atoms with Crippen LogP contribution in [0.25, 0.3) is 0 Å². The van der Waals surface area contributed by atoms with E-state index >= 15 is 0 Å². The van der Waals surface area contributed by atoms with E-state index in [1.165, 1.54) is 28.6 Å². The van der Waals surface area contributed by atoms with Gasteiger partial charge in [0.25, 0.3) is 0 Å². The van der Waals surface area contributed by atoms with Crippen molar-refractivity contribution < 1.29 is 0 Å². The van der Waals surface area contributed by atoms with E-state index in [-0.39, 0.29) is 0 Å². The van der Waals surface area contributed by atoms with Crippen LogP contribution in [0.2, 0.25) is 0 Å². The Morgan fingerprint density at radius 3 is 2.60 bits per heavy atom. The van der Waals surface area contributed by atoms with E-state index < -0.39 is 0 Å². The van der Waals surface area contributed by atoms with Gasteiger partial charge in [0.1, 0.15) is 0 Å². The molecule has 1 N–H and O–H groups in total. The van der Waals surface area contributed by atoms with Crippen molar-refractivity contribution in [2.45, 2.75) is 56.2 Å². The average molecular weight is 356 g/mol. The van der Waals surface area contributed by atoms with Crippen LogP contribution in [-0.2, 0) is 0 Å². The maximum atomic E-state index is 3.57. The van der Waals surface area contributed by atoms with Gasteiger partial charge in [0.15, 0.2) is 0 Å². The molecule has 1 aliphatic rings. The highest BCUT2D eigenvalue weighted by Crippen LogP contribution is 2.43. The molecule has 1 fully saturated rings. The molecule has 0 amide bonds. The lowest BCUT2D eigenvalue weighted by Crippen LogP contribution is -2.43. The first-order valence-corrected chi connectivity index (χ1v) is 9.17. The molecule has 1 saturated carbocycles. The number of benzene rings is 1. The third-order valence-corrected chi connectivity index (χ3v) is 6.31. The number of hydrogen-bond acceptors (Lipinski definition) is 2. The molecule has 1 aromatic rings. The Bertz CT molecular complexity index is 441. The molecule has 0 heterocycles. The first kappa shape index (κ1) is 16.4. The summed E-state index contributed by atoms with van der Waals surface area (Å²) in [6, 6.07) is 9.32. The van der Waals surface area contributed by atoms with Crippen molar-refractivity contribution in [3.63, 3.8) is 0 Å². The summed E-state index contributed by atoms with van der Waals surface area (Å²) in [7, 11) is 2.11. The number of halogens is 1. The van der Waals surface area contributed by atoms with Gasteiger partial charge in [-0.3, -0.25) is 0 Å². The second-order valence-corrected chi connectivity index (χ2v) is 9.11. The van der Waals surface area contributed by atoms with Gasteiger partial charge in [-0.1, -0.05) is 42.8 Å². The predicted octanol–water partition coefficient (Wildman–Crippen LogP) is 5.34. The zero-order chi connectivity index (χ0) is 14.8. The van der Waals surface area contributed by atoms with E-state index in [0.29, 0.717) is 16.7 Å². The molecule has 1 aromatic carbocycles. The van der Waals surface area contributed by atoms with Gasteiger partial charge >= 0.3 is 0 Å². The van der Waals surface area contributed by atoms with Crippen LogP contribution in [0.3, 0.4) is 0 Å². The summed E-state index contributed by atoms with van der Waals surface area (Å²) in [5, 5.41) is 4.20. The molecule has 1 aliphatic carbocycles. The molecular formula is C17H26BrNS. The standard InChI is InChI=1S/C17H26BrNS/c1-17(2,3)12-8-9-15(19-4)16(10-12)20-14-7-5-6-13(18)11-14/h5-7,11-12,15-16,19H,8-10H2,1-4H3. The fraction of sp³-hybridized carbons (Fsp3) is 0.647. The topological polar surface area (TPSA) is 12.0 Å². The van der Waals surface area contributed by atoms with Crippen molar-refractivity contribution in [3.05, 3.63) is 28.7 Å². The summed E-state index contributed by atoms with van der Waals surface area (Å²) < 4.78 is 1.17. The first-order valence-electron chi connectivity index (χ1n) is 7.49. The van der Waals surface area contributed by atoms with E-state index in [2.05, 4.69) is 73.3 Å². The van der Waals surface area contributed by atoms with Crippen molar-refractivity contribution in [1.29, 1.82) is 0 Å². The normalized spacial score (nSPS) is 27.6. The monoisotopic (exact) mass is 355 g/mol.